The summed E-state index contributed by atoms with van der Waals surface area (Å²) in [6.45, 7) is 3.93. The summed E-state index contributed by atoms with van der Waals surface area (Å²) in [5.74, 6) is -0.277. The summed E-state index contributed by atoms with van der Waals surface area (Å²) in [6, 6.07) is 7.31. The van der Waals surface area contributed by atoms with Gasteiger partial charge in [0.2, 0.25) is 5.91 Å². The van der Waals surface area contributed by atoms with Gasteiger partial charge in [-0.05, 0) is 18.2 Å². The Morgan fingerprint density at radius 2 is 2.06 bits per heavy atom. The van der Waals surface area contributed by atoms with E-state index < -0.39 is 0 Å². The van der Waals surface area contributed by atoms with Crippen LogP contribution in [0.3, 0.4) is 0 Å². The Labute approximate surface area is 101 Å². The number of hydrogen-bond acceptors (Lipinski definition) is 3. The molecule has 0 aliphatic carbocycles. The summed E-state index contributed by atoms with van der Waals surface area (Å²) < 4.78 is 0. The maximum Gasteiger partial charge on any atom is 0.260 e. The zero-order chi connectivity index (χ0) is 12.3. The molecule has 1 N–H and O–H groups in total. The van der Waals surface area contributed by atoms with Crippen molar-refractivity contribution in [2.45, 2.75) is 13.3 Å². The molecule has 0 fully saturated rings. The number of fused-ring (bicyclic) bond motifs is 1. The first-order chi connectivity index (χ1) is 8.24. The lowest BCUT2D eigenvalue weighted by molar-refractivity contribution is -0.128. The molecule has 0 aromatic heterocycles. The van der Waals surface area contributed by atoms with E-state index >= 15 is 0 Å². The lowest BCUT2D eigenvalue weighted by Crippen LogP contribution is -2.45. The Kier molecular flexibility index (Phi) is 3.54. The van der Waals surface area contributed by atoms with E-state index in [0.29, 0.717) is 25.1 Å². The van der Waals surface area contributed by atoms with Crippen LogP contribution in [0.15, 0.2) is 24.3 Å². The third-order valence-electron chi connectivity index (χ3n) is 2.90. The Balaban J connectivity index is 2.16. The van der Waals surface area contributed by atoms with Crippen molar-refractivity contribution < 1.29 is 9.59 Å². The molecule has 1 heterocycles. The average Bonchev–Trinajstić information content (AvgIpc) is 2.33. The Hall–Kier alpha value is -1.68. The minimum Gasteiger partial charge on any atom is -0.315 e. The van der Waals surface area contributed by atoms with Crippen molar-refractivity contribution in [1.29, 1.82) is 0 Å². The van der Waals surface area contributed by atoms with Crippen LogP contribution in [0.4, 0.5) is 0 Å². The largest absolute Gasteiger partial charge is 0.315 e. The molecule has 2 amide bonds. The first-order valence-electron chi connectivity index (χ1n) is 5.87. The number of imide groups is 1. The summed E-state index contributed by atoms with van der Waals surface area (Å²) in [4.78, 5) is 25.3. The van der Waals surface area contributed by atoms with Crippen LogP contribution < -0.4 is 5.32 Å². The van der Waals surface area contributed by atoms with Crippen molar-refractivity contribution in [2.24, 2.45) is 0 Å². The summed E-state index contributed by atoms with van der Waals surface area (Å²) in [6.07, 6.45) is 0.327. The lowest BCUT2D eigenvalue weighted by Gasteiger charge is -2.26. The van der Waals surface area contributed by atoms with Crippen LogP contribution >= 0.6 is 0 Å². The predicted octanol–water partition coefficient (Wildman–Crippen LogP) is 0.821. The van der Waals surface area contributed by atoms with E-state index in [1.807, 2.05) is 25.1 Å². The normalized spacial score (nSPS) is 15.0. The highest BCUT2D eigenvalue weighted by Crippen LogP contribution is 2.18. The van der Waals surface area contributed by atoms with E-state index in [-0.39, 0.29) is 11.8 Å². The van der Waals surface area contributed by atoms with Gasteiger partial charge in [-0.15, -0.1) is 0 Å². The van der Waals surface area contributed by atoms with Gasteiger partial charge in [0.1, 0.15) is 0 Å². The van der Waals surface area contributed by atoms with Gasteiger partial charge in [0.25, 0.3) is 5.91 Å². The van der Waals surface area contributed by atoms with Crippen LogP contribution in [0.1, 0.15) is 22.8 Å². The van der Waals surface area contributed by atoms with Crippen molar-refractivity contribution in [3.05, 3.63) is 35.4 Å². The molecule has 17 heavy (non-hydrogen) atoms. The molecular formula is C13H16N2O2. The standard InChI is InChI=1S/C13H16N2O2/c1-2-14-7-8-15-12(16)9-10-5-3-4-6-11(10)13(15)17/h3-6,14H,2,7-9H2,1H3. The zero-order valence-electron chi connectivity index (χ0n) is 9.90. The number of rotatable bonds is 4. The third kappa shape index (κ3) is 2.36. The van der Waals surface area contributed by atoms with E-state index in [2.05, 4.69) is 5.32 Å². The fraction of sp³-hybridized carbons (Fsp3) is 0.385. The summed E-state index contributed by atoms with van der Waals surface area (Å²) in [7, 11) is 0. The molecular weight excluding hydrogens is 216 g/mol. The van der Waals surface area contributed by atoms with Gasteiger partial charge in [-0.1, -0.05) is 25.1 Å². The molecule has 4 heteroatoms. The lowest BCUT2D eigenvalue weighted by atomic mass is 9.98. The fourth-order valence-electron chi connectivity index (χ4n) is 1.99. The third-order valence-corrected chi connectivity index (χ3v) is 2.90. The molecule has 0 unspecified atom stereocenters. The number of carbonyl (C=O) groups is 2. The van der Waals surface area contributed by atoms with Gasteiger partial charge in [-0.25, -0.2) is 0 Å². The number of benzene rings is 1. The van der Waals surface area contributed by atoms with Gasteiger partial charge in [-0.3, -0.25) is 14.5 Å². The number of likely N-dealkylation sites (N-methyl/N-ethyl adjacent to an activating group) is 1. The van der Waals surface area contributed by atoms with Gasteiger partial charge in [0, 0.05) is 18.7 Å². The van der Waals surface area contributed by atoms with Gasteiger partial charge in [0.15, 0.2) is 0 Å². The Morgan fingerprint density at radius 1 is 1.29 bits per heavy atom. The molecule has 0 saturated carbocycles. The van der Waals surface area contributed by atoms with Crippen LogP contribution in [0, 0.1) is 0 Å². The van der Waals surface area contributed by atoms with Crippen LogP contribution in [0.25, 0.3) is 0 Å². The SMILES string of the molecule is CCNCCN1C(=O)Cc2ccccc2C1=O. The summed E-state index contributed by atoms with van der Waals surface area (Å²) >= 11 is 0. The smallest absolute Gasteiger partial charge is 0.260 e. The van der Waals surface area contributed by atoms with E-state index in [1.54, 1.807) is 6.07 Å². The van der Waals surface area contributed by atoms with Crippen LogP contribution in [-0.4, -0.2) is 36.3 Å². The molecule has 1 aromatic carbocycles. The Bertz CT molecular complexity index is 443. The zero-order valence-corrected chi connectivity index (χ0v) is 9.90. The molecule has 1 aliphatic heterocycles. The molecule has 0 bridgehead atoms. The second-order valence-electron chi connectivity index (χ2n) is 4.04. The number of carbonyl (C=O) groups excluding carboxylic acids is 2. The van der Waals surface area contributed by atoms with Gasteiger partial charge in [0.05, 0.1) is 6.42 Å². The quantitative estimate of drug-likeness (QED) is 0.617. The topological polar surface area (TPSA) is 49.4 Å². The second-order valence-corrected chi connectivity index (χ2v) is 4.04. The van der Waals surface area contributed by atoms with Crippen molar-refractivity contribution in [3.8, 4) is 0 Å². The second kappa shape index (κ2) is 5.10. The number of nitrogens with zero attached hydrogens (tertiary/aromatic N) is 1. The molecule has 4 nitrogen and oxygen atoms in total. The monoisotopic (exact) mass is 232 g/mol. The molecule has 1 aromatic rings. The number of amides is 2. The molecule has 90 valence electrons. The maximum atomic E-state index is 12.1. The Morgan fingerprint density at radius 3 is 2.82 bits per heavy atom. The minimum absolute atomic E-state index is 0.105. The van der Waals surface area contributed by atoms with Crippen molar-refractivity contribution in [1.82, 2.24) is 10.2 Å². The first-order valence-corrected chi connectivity index (χ1v) is 5.87. The minimum atomic E-state index is -0.172. The van der Waals surface area contributed by atoms with E-state index in [4.69, 9.17) is 0 Å². The fourth-order valence-corrected chi connectivity index (χ4v) is 1.99. The summed E-state index contributed by atoms with van der Waals surface area (Å²) in [5.41, 5.74) is 1.49. The first kappa shape index (κ1) is 11.8. The number of nitrogens with one attached hydrogen (secondary N) is 1. The molecule has 0 spiro atoms. The van der Waals surface area contributed by atoms with Crippen LogP contribution in [0.2, 0.25) is 0 Å². The maximum absolute atomic E-state index is 12.1. The van der Waals surface area contributed by atoms with Crippen molar-refractivity contribution in [2.75, 3.05) is 19.6 Å². The highest BCUT2D eigenvalue weighted by molar-refractivity contribution is 6.09. The van der Waals surface area contributed by atoms with Crippen molar-refractivity contribution >= 4 is 11.8 Å². The van der Waals surface area contributed by atoms with Gasteiger partial charge < -0.3 is 5.32 Å². The summed E-state index contributed by atoms with van der Waals surface area (Å²) in [5, 5.41) is 3.11. The average molecular weight is 232 g/mol. The van der Waals surface area contributed by atoms with E-state index in [0.717, 1.165) is 12.1 Å². The van der Waals surface area contributed by atoms with Gasteiger partial charge >= 0.3 is 0 Å². The van der Waals surface area contributed by atoms with Gasteiger partial charge in [-0.2, -0.15) is 0 Å². The van der Waals surface area contributed by atoms with E-state index in [1.165, 1.54) is 4.90 Å². The molecule has 2 rings (SSSR count). The molecule has 0 atom stereocenters. The van der Waals surface area contributed by atoms with Crippen LogP contribution in [0.5, 0.6) is 0 Å². The highest BCUT2D eigenvalue weighted by atomic mass is 16.2. The predicted molar refractivity (Wildman–Crippen MR) is 64.7 cm³/mol. The highest BCUT2D eigenvalue weighted by Gasteiger charge is 2.29. The van der Waals surface area contributed by atoms with Crippen molar-refractivity contribution in [3.63, 3.8) is 0 Å². The number of hydrogen-bond donors (Lipinski definition) is 1. The molecule has 0 radical (unpaired) electrons. The van der Waals surface area contributed by atoms with E-state index in [9.17, 15) is 9.59 Å². The van der Waals surface area contributed by atoms with Crippen LogP contribution in [-0.2, 0) is 11.2 Å². The molecule has 1 aliphatic rings. The molecule has 0 saturated heterocycles.